The van der Waals surface area contributed by atoms with Crippen LogP contribution in [-0.2, 0) is 0 Å². The highest BCUT2D eigenvalue weighted by atomic mass is 79.9. The van der Waals surface area contributed by atoms with Gasteiger partial charge in [-0.2, -0.15) is 5.10 Å². The fourth-order valence-electron chi connectivity index (χ4n) is 1.75. The number of anilines is 1. The number of nitrogens with two attached hydrogens (primary N) is 1. The summed E-state index contributed by atoms with van der Waals surface area (Å²) >= 11 is 3.39. The lowest BCUT2D eigenvalue weighted by molar-refractivity contribution is 0.349. The molecule has 0 fully saturated rings. The number of benzene rings is 1. The van der Waals surface area contributed by atoms with E-state index in [2.05, 4.69) is 26.1 Å². The molecule has 2 rings (SSSR count). The van der Waals surface area contributed by atoms with Crippen LogP contribution < -0.4 is 19.9 Å². The third-order valence-electron chi connectivity index (χ3n) is 2.71. The highest BCUT2D eigenvalue weighted by Crippen LogP contribution is 2.42. The van der Waals surface area contributed by atoms with Crippen molar-refractivity contribution in [2.75, 3.05) is 27.1 Å². The van der Waals surface area contributed by atoms with Crippen LogP contribution in [0, 0.1) is 0 Å². The number of methoxy groups -OCH3 is 3. The van der Waals surface area contributed by atoms with Gasteiger partial charge in [-0.25, -0.2) is 0 Å². The maximum atomic E-state index is 5.71. The maximum Gasteiger partial charge on any atom is 0.164 e. The van der Waals surface area contributed by atoms with E-state index in [0.717, 1.165) is 11.3 Å². The number of nitrogens with one attached hydrogen (secondary N) is 1. The molecule has 0 saturated carbocycles. The third-order valence-corrected chi connectivity index (χ3v) is 3.51. The number of nitrogen functional groups attached to an aromatic ring is 1. The zero-order valence-electron chi connectivity index (χ0n) is 10.8. The van der Waals surface area contributed by atoms with Crippen LogP contribution in [0.15, 0.2) is 16.6 Å². The minimum Gasteiger partial charge on any atom is -0.496 e. The van der Waals surface area contributed by atoms with Gasteiger partial charge in [-0.05, 0) is 22.0 Å². The average Bonchev–Trinajstić information content (AvgIpc) is 2.77. The van der Waals surface area contributed by atoms with Gasteiger partial charge in [-0.1, -0.05) is 0 Å². The summed E-state index contributed by atoms with van der Waals surface area (Å²) in [6, 6.07) is 3.55. The smallest absolute Gasteiger partial charge is 0.164 e. The number of H-pyrrole nitrogens is 1. The summed E-state index contributed by atoms with van der Waals surface area (Å²) in [5.41, 5.74) is 7.20. The highest BCUT2D eigenvalue weighted by molar-refractivity contribution is 9.10. The van der Waals surface area contributed by atoms with E-state index >= 15 is 0 Å². The molecule has 1 aromatic carbocycles. The number of hydrogen-bond donors (Lipinski definition) is 2. The molecule has 0 unspecified atom stereocenters. The van der Waals surface area contributed by atoms with E-state index in [4.69, 9.17) is 19.9 Å². The Morgan fingerprint density at radius 2 is 1.63 bits per heavy atom. The van der Waals surface area contributed by atoms with Gasteiger partial charge in [0.15, 0.2) is 17.3 Å². The highest BCUT2D eigenvalue weighted by Gasteiger charge is 2.18. The van der Waals surface area contributed by atoms with Gasteiger partial charge < -0.3 is 19.9 Å². The zero-order valence-corrected chi connectivity index (χ0v) is 12.4. The molecule has 7 heteroatoms. The Bertz CT molecular complexity index is 598. The van der Waals surface area contributed by atoms with Crippen molar-refractivity contribution in [2.24, 2.45) is 0 Å². The minimum absolute atomic E-state index is 0.381. The summed E-state index contributed by atoms with van der Waals surface area (Å²) in [5.74, 6) is 2.19. The largest absolute Gasteiger partial charge is 0.496 e. The average molecular weight is 328 g/mol. The van der Waals surface area contributed by atoms with E-state index in [1.807, 2.05) is 0 Å². The van der Waals surface area contributed by atoms with Crippen molar-refractivity contribution >= 4 is 21.7 Å². The number of aromatic amines is 1. The number of halogens is 1. The monoisotopic (exact) mass is 327 g/mol. The normalized spacial score (nSPS) is 10.3. The number of ether oxygens (including phenoxy) is 3. The van der Waals surface area contributed by atoms with Crippen LogP contribution in [-0.4, -0.2) is 31.5 Å². The minimum atomic E-state index is 0.381. The van der Waals surface area contributed by atoms with Gasteiger partial charge in [0.25, 0.3) is 0 Å². The van der Waals surface area contributed by atoms with Crippen LogP contribution >= 0.6 is 15.9 Å². The molecule has 0 aliphatic heterocycles. The first kappa shape index (κ1) is 13.5. The molecule has 6 nitrogen and oxygen atoms in total. The summed E-state index contributed by atoms with van der Waals surface area (Å²) < 4.78 is 16.6. The number of rotatable bonds is 4. The van der Waals surface area contributed by atoms with Gasteiger partial charge in [-0.3, -0.25) is 5.10 Å². The Labute approximate surface area is 119 Å². The molecule has 1 aromatic heterocycles. The molecule has 3 N–H and O–H groups in total. The van der Waals surface area contributed by atoms with Crippen molar-refractivity contribution < 1.29 is 14.2 Å². The second-order valence-electron chi connectivity index (χ2n) is 3.71. The standard InChI is InChI=1S/C12H14BrN3O3/c1-17-7-5-9(19-3)8(18-2)4-6(7)11-10(13)12(14)16-15-11/h4-5H,1-3H3,(H3,14,15,16). The van der Waals surface area contributed by atoms with E-state index in [1.165, 1.54) is 0 Å². The molecular formula is C12H14BrN3O3. The van der Waals surface area contributed by atoms with Gasteiger partial charge in [-0.15, -0.1) is 0 Å². The number of nitrogens with zero attached hydrogens (tertiary/aromatic N) is 1. The summed E-state index contributed by atoms with van der Waals surface area (Å²) in [4.78, 5) is 0. The summed E-state index contributed by atoms with van der Waals surface area (Å²) in [6.07, 6.45) is 0. The van der Waals surface area contributed by atoms with E-state index in [-0.39, 0.29) is 0 Å². The summed E-state index contributed by atoms with van der Waals surface area (Å²) in [5, 5.41) is 6.80. The Kier molecular flexibility index (Phi) is 3.84. The second kappa shape index (κ2) is 5.40. The fourth-order valence-corrected chi connectivity index (χ4v) is 2.14. The molecule has 102 valence electrons. The van der Waals surface area contributed by atoms with Crippen molar-refractivity contribution in [3.05, 3.63) is 16.6 Å². The molecule has 0 amide bonds. The lowest BCUT2D eigenvalue weighted by atomic mass is 10.1. The molecule has 0 aliphatic rings. The van der Waals surface area contributed by atoms with Crippen molar-refractivity contribution in [3.63, 3.8) is 0 Å². The molecular weight excluding hydrogens is 314 g/mol. The van der Waals surface area contributed by atoms with Gasteiger partial charge in [0.2, 0.25) is 0 Å². The Morgan fingerprint density at radius 3 is 2.11 bits per heavy atom. The molecule has 0 aliphatic carbocycles. The fraction of sp³-hybridized carbons (Fsp3) is 0.250. The molecule has 2 aromatic rings. The third kappa shape index (κ3) is 2.33. The van der Waals surface area contributed by atoms with Gasteiger partial charge in [0.05, 0.1) is 31.5 Å². The first-order valence-electron chi connectivity index (χ1n) is 5.42. The molecule has 0 spiro atoms. The molecule has 0 atom stereocenters. The molecule has 19 heavy (non-hydrogen) atoms. The van der Waals surface area contributed by atoms with Gasteiger partial charge in [0, 0.05) is 11.6 Å². The van der Waals surface area contributed by atoms with Gasteiger partial charge in [0.1, 0.15) is 5.75 Å². The quantitative estimate of drug-likeness (QED) is 0.901. The SMILES string of the molecule is COc1cc(OC)c(-c2[nH]nc(N)c2Br)cc1OC. The van der Waals surface area contributed by atoms with Crippen molar-refractivity contribution in [1.29, 1.82) is 0 Å². The van der Waals surface area contributed by atoms with Crippen LogP contribution in [0.3, 0.4) is 0 Å². The Balaban J connectivity index is 2.65. The predicted molar refractivity (Wildman–Crippen MR) is 75.8 cm³/mol. The topological polar surface area (TPSA) is 82.4 Å². The van der Waals surface area contributed by atoms with Crippen LogP contribution in [0.25, 0.3) is 11.3 Å². The van der Waals surface area contributed by atoms with Crippen LogP contribution in [0.4, 0.5) is 5.82 Å². The van der Waals surface area contributed by atoms with Gasteiger partial charge >= 0.3 is 0 Å². The lowest BCUT2D eigenvalue weighted by Gasteiger charge is -2.13. The Hall–Kier alpha value is -1.89. The second-order valence-corrected chi connectivity index (χ2v) is 4.50. The summed E-state index contributed by atoms with van der Waals surface area (Å²) in [6.45, 7) is 0. The molecule has 0 bridgehead atoms. The zero-order chi connectivity index (χ0) is 14.0. The number of hydrogen-bond acceptors (Lipinski definition) is 5. The first-order valence-corrected chi connectivity index (χ1v) is 6.21. The van der Waals surface area contributed by atoms with E-state index < -0.39 is 0 Å². The molecule has 1 heterocycles. The van der Waals surface area contributed by atoms with Crippen LogP contribution in [0.1, 0.15) is 0 Å². The number of aromatic nitrogens is 2. The van der Waals surface area contributed by atoms with Crippen LogP contribution in [0.2, 0.25) is 0 Å². The maximum absolute atomic E-state index is 5.71. The van der Waals surface area contributed by atoms with Crippen LogP contribution in [0.5, 0.6) is 17.2 Å². The predicted octanol–water partition coefficient (Wildman–Crippen LogP) is 2.45. The first-order chi connectivity index (χ1) is 9.12. The van der Waals surface area contributed by atoms with E-state index in [1.54, 1.807) is 33.5 Å². The van der Waals surface area contributed by atoms with Crippen molar-refractivity contribution in [3.8, 4) is 28.5 Å². The Morgan fingerprint density at radius 1 is 1.05 bits per heavy atom. The van der Waals surface area contributed by atoms with Crippen molar-refractivity contribution in [1.82, 2.24) is 10.2 Å². The lowest BCUT2D eigenvalue weighted by Crippen LogP contribution is -1.95. The summed E-state index contributed by atoms with van der Waals surface area (Å²) in [7, 11) is 4.73. The van der Waals surface area contributed by atoms with Crippen molar-refractivity contribution in [2.45, 2.75) is 0 Å². The van der Waals surface area contributed by atoms with E-state index in [9.17, 15) is 0 Å². The molecule has 0 saturated heterocycles. The molecule has 0 radical (unpaired) electrons. The van der Waals surface area contributed by atoms with E-state index in [0.29, 0.717) is 27.5 Å².